The van der Waals surface area contributed by atoms with Crippen LogP contribution in [0.5, 0.6) is 0 Å². The predicted molar refractivity (Wildman–Crippen MR) is 156 cm³/mol. The summed E-state index contributed by atoms with van der Waals surface area (Å²) >= 11 is 1.22. The summed E-state index contributed by atoms with van der Waals surface area (Å²) < 4.78 is 7.75. The molecule has 0 amide bonds. The largest absolute Gasteiger partial charge is 0.316 e. The van der Waals surface area contributed by atoms with E-state index in [2.05, 4.69) is 143 Å². The molecule has 0 aliphatic rings. The van der Waals surface area contributed by atoms with Crippen molar-refractivity contribution in [3.63, 3.8) is 0 Å². The number of benzene rings is 4. The van der Waals surface area contributed by atoms with Crippen LogP contribution in [0.1, 0.15) is 0 Å². The summed E-state index contributed by atoms with van der Waals surface area (Å²) in [4.78, 5) is 0. The van der Waals surface area contributed by atoms with E-state index in [-0.39, 0.29) is 15.8 Å². The first-order valence-electron chi connectivity index (χ1n) is 11.3. The van der Waals surface area contributed by atoms with Crippen LogP contribution in [0.25, 0.3) is 0 Å². The van der Waals surface area contributed by atoms with Gasteiger partial charge in [-0.1, -0.05) is 121 Å². The molecule has 0 saturated carbocycles. The van der Waals surface area contributed by atoms with Gasteiger partial charge in [0.2, 0.25) is 0 Å². The molecule has 6 heteroatoms. The molecule has 2 nitrogen and oxygen atoms in total. The molecule has 4 aromatic rings. The van der Waals surface area contributed by atoms with Crippen LogP contribution in [-0.4, -0.2) is 25.4 Å². The molecule has 0 unspecified atom stereocenters. The van der Waals surface area contributed by atoms with Crippen LogP contribution in [0.3, 0.4) is 0 Å². The van der Waals surface area contributed by atoms with Crippen LogP contribution in [0.15, 0.2) is 121 Å². The van der Waals surface area contributed by atoms with Gasteiger partial charge >= 0.3 is 38.3 Å². The fraction of sp³-hybridized carbons (Fsp3) is 0.138. The maximum Gasteiger partial charge on any atom is -0.000332 e. The molecule has 1 N–H and O–H groups in total. The Morgan fingerprint density at radius 1 is 0.514 bits per heavy atom. The molecule has 184 valence electrons. The van der Waals surface area contributed by atoms with Crippen LogP contribution < -0.4 is 26.5 Å². The summed E-state index contributed by atoms with van der Waals surface area (Å²) in [5, 5.41) is 9.60. The van der Waals surface area contributed by atoms with Crippen LogP contribution in [0, 0.1) is 6.65 Å². The van der Waals surface area contributed by atoms with Crippen LogP contribution in [-0.2, 0) is 22.0 Å². The van der Waals surface area contributed by atoms with Crippen molar-refractivity contribution in [3.8, 4) is 6.65 Å². The first kappa shape index (κ1) is 29.6. The number of rotatable bonds is 10. The van der Waals surface area contributed by atoms with Crippen molar-refractivity contribution in [1.82, 2.24) is 5.32 Å². The second-order valence-electron chi connectivity index (χ2n) is 7.40. The van der Waals surface area contributed by atoms with Gasteiger partial charge in [-0.15, -0.1) is 0 Å². The minimum absolute atomic E-state index is 0.328. The summed E-state index contributed by atoms with van der Waals surface area (Å²) in [6, 6.07) is 44.0. The normalized spacial score (nSPS) is 10.3. The van der Waals surface area contributed by atoms with E-state index in [1.165, 1.54) is 38.5 Å². The number of nitrogens with one attached hydrogen (secondary N) is 1. The van der Waals surface area contributed by atoms with Crippen LogP contribution in [0.4, 0.5) is 0 Å². The van der Waals surface area contributed by atoms with E-state index in [1.54, 1.807) is 0 Å². The SMILES string of the molecule is C#[O+].[Cl][RuH3].c1ccc(P(CCNCCP(c2ccccc2)c2ccccc2)c2ccccc2)cc1. The van der Waals surface area contributed by atoms with Gasteiger partial charge in [-0.3, -0.25) is 0 Å². The molecule has 0 atom stereocenters. The summed E-state index contributed by atoms with van der Waals surface area (Å²) in [5.74, 6) is 0. The molecule has 0 bridgehead atoms. The topological polar surface area (TPSA) is 31.9 Å². The van der Waals surface area contributed by atoms with Crippen molar-refractivity contribution in [2.75, 3.05) is 25.4 Å². The molecular weight excluding hydrogens is 577 g/mol. The molecule has 0 aromatic heterocycles. The third kappa shape index (κ3) is 10.1. The van der Waals surface area contributed by atoms with Crippen LogP contribution in [0.2, 0.25) is 0 Å². The van der Waals surface area contributed by atoms with Crippen molar-refractivity contribution >= 4 is 46.8 Å². The van der Waals surface area contributed by atoms with Crippen molar-refractivity contribution < 1.29 is 22.0 Å². The van der Waals surface area contributed by atoms with E-state index in [0.717, 1.165) is 25.4 Å². The molecule has 0 spiro atoms. The Labute approximate surface area is 226 Å². The average molecular weight is 610 g/mol. The number of hydrogen-bond donors (Lipinski definition) is 1. The van der Waals surface area contributed by atoms with Gasteiger partial charge in [-0.2, -0.15) is 0 Å². The Morgan fingerprint density at radius 2 is 0.743 bits per heavy atom. The maximum atomic E-state index is 7.75. The van der Waals surface area contributed by atoms with E-state index in [4.69, 9.17) is 4.65 Å². The minimum atomic E-state index is -0.328. The second kappa shape index (κ2) is 18.6. The molecule has 0 fully saturated rings. The van der Waals surface area contributed by atoms with E-state index in [1.807, 2.05) is 0 Å². The third-order valence-electron chi connectivity index (χ3n) is 5.30. The Balaban J connectivity index is 0.00000103. The number of hydrogen-bond acceptors (Lipinski definition) is 1. The summed E-state index contributed by atoms with van der Waals surface area (Å²) in [7, 11) is 4.03. The zero-order valence-corrected chi connectivity index (χ0v) is 24.3. The zero-order chi connectivity index (χ0) is 25.1. The fourth-order valence-electron chi connectivity index (χ4n) is 3.75. The second-order valence-corrected chi connectivity index (χ2v) is 12.1. The Kier molecular flexibility index (Phi) is 15.7. The third-order valence-corrected chi connectivity index (χ3v) is 10.3. The molecule has 4 aromatic carbocycles. The molecule has 35 heavy (non-hydrogen) atoms. The van der Waals surface area contributed by atoms with Gasteiger partial charge in [0.15, 0.2) is 0 Å². The van der Waals surface area contributed by atoms with E-state index in [9.17, 15) is 0 Å². The molecule has 4 rings (SSSR count). The Bertz CT molecular complexity index is 906. The van der Waals surface area contributed by atoms with Crippen molar-refractivity contribution in [1.29, 1.82) is 0 Å². The molecular formula is C29H33ClNOP2Ru+. The first-order chi connectivity index (χ1) is 17.4. The fourth-order valence-corrected chi connectivity index (χ4v) is 8.27. The first-order valence-corrected chi connectivity index (χ1v) is 17.2. The molecule has 0 aliphatic carbocycles. The van der Waals surface area contributed by atoms with Crippen molar-refractivity contribution in [2.45, 2.75) is 0 Å². The standard InChI is InChI=1S/C28H29NP2.CHO.ClH.Ru.3H/c1-5-13-25(14-6-1)30(26-15-7-2-8-16-26)23-21-29-22-24-31(27-17-9-3-10-18-27)28-19-11-4-12-20-28;1-2;;;;;/h1-20,29H,21-24H2;1H;1H;;;;/q;+1;;+1;;;/p-1. The number of halogens is 1. The average Bonchev–Trinajstić information content (AvgIpc) is 2.97. The Morgan fingerprint density at radius 3 is 0.971 bits per heavy atom. The molecule has 0 radical (unpaired) electrons. The van der Waals surface area contributed by atoms with Gasteiger partial charge in [-0.25, -0.2) is 0 Å². The molecule has 0 saturated heterocycles. The van der Waals surface area contributed by atoms with Gasteiger partial charge in [0.05, 0.1) is 0 Å². The molecule has 0 heterocycles. The van der Waals surface area contributed by atoms with Gasteiger partial charge < -0.3 is 5.32 Å². The summed E-state index contributed by atoms with van der Waals surface area (Å²) in [6.45, 7) is 5.34. The Hall–Kier alpha value is -1.65. The van der Waals surface area contributed by atoms with Crippen LogP contribution >= 0.6 is 25.5 Å². The quantitative estimate of drug-likeness (QED) is 0.120. The minimum Gasteiger partial charge on any atom is -0.316 e. The van der Waals surface area contributed by atoms with Gasteiger partial charge in [0.25, 0.3) is 0 Å². The summed E-state index contributed by atoms with van der Waals surface area (Å²) in [5.41, 5.74) is 0. The van der Waals surface area contributed by atoms with Gasteiger partial charge in [0.1, 0.15) is 0 Å². The van der Waals surface area contributed by atoms with E-state index < -0.39 is 0 Å². The molecule has 0 aliphatic heterocycles. The maximum absolute atomic E-state index is 7.75. The van der Waals surface area contributed by atoms with Crippen molar-refractivity contribution in [3.05, 3.63) is 121 Å². The summed E-state index contributed by atoms with van der Waals surface area (Å²) in [6.07, 6.45) is 2.33. The zero-order valence-electron chi connectivity index (χ0n) is 19.6. The smallest absolute Gasteiger partial charge is 0.000332 e. The monoisotopic (exact) mass is 610 g/mol. The predicted octanol–water partition coefficient (Wildman–Crippen LogP) is 4.73. The van der Waals surface area contributed by atoms with Gasteiger partial charge in [0, 0.05) is 0 Å². The van der Waals surface area contributed by atoms with E-state index in [0.29, 0.717) is 0 Å². The van der Waals surface area contributed by atoms with E-state index >= 15 is 0 Å². The van der Waals surface area contributed by atoms with Gasteiger partial charge in [-0.05, 0) is 62.5 Å². The van der Waals surface area contributed by atoms with Crippen molar-refractivity contribution in [2.24, 2.45) is 0 Å².